The van der Waals surface area contributed by atoms with E-state index >= 15 is 0 Å². The molecule has 4 aromatic rings. The summed E-state index contributed by atoms with van der Waals surface area (Å²) in [5, 5.41) is 0. The van der Waals surface area contributed by atoms with Crippen LogP contribution < -0.4 is 10.5 Å². The maximum absolute atomic E-state index is 14.0. The number of alkyl halides is 2. The Hall–Kier alpha value is -3.73. The van der Waals surface area contributed by atoms with Crippen molar-refractivity contribution in [1.82, 2.24) is 29.4 Å². The van der Waals surface area contributed by atoms with Crippen LogP contribution in [0, 0.1) is 5.82 Å². The average Bonchev–Trinajstić information content (AvgIpc) is 3.21. The zero-order chi connectivity index (χ0) is 25.3. The van der Waals surface area contributed by atoms with Crippen LogP contribution in [0.5, 0.6) is 6.01 Å². The molecule has 1 saturated heterocycles. The second-order valence-corrected chi connectivity index (χ2v) is 8.86. The predicted molar refractivity (Wildman–Crippen MR) is 129 cm³/mol. The number of ether oxygens (including phenoxy) is 1. The van der Waals surface area contributed by atoms with Crippen LogP contribution in [0.3, 0.4) is 0 Å². The van der Waals surface area contributed by atoms with E-state index in [4.69, 9.17) is 10.5 Å². The molecule has 1 aromatic carbocycles. The summed E-state index contributed by atoms with van der Waals surface area (Å²) in [4.78, 5) is 19.3. The first-order valence-electron chi connectivity index (χ1n) is 11.8. The van der Waals surface area contributed by atoms with E-state index in [0.717, 1.165) is 17.3 Å². The molecule has 0 spiro atoms. The number of piperidine rings is 1. The van der Waals surface area contributed by atoms with Gasteiger partial charge in [-0.05, 0) is 24.1 Å². The Labute approximate surface area is 206 Å². The molecule has 0 atom stereocenters. The molecule has 0 aliphatic carbocycles. The number of likely N-dealkylation sites (tertiary alicyclic amines) is 1. The number of fused-ring (bicyclic) bond motifs is 1. The van der Waals surface area contributed by atoms with Gasteiger partial charge >= 0.3 is 6.01 Å². The van der Waals surface area contributed by atoms with Gasteiger partial charge in [0.25, 0.3) is 5.92 Å². The third kappa shape index (κ3) is 5.11. The Kier molecular flexibility index (Phi) is 6.48. The van der Waals surface area contributed by atoms with Crippen molar-refractivity contribution in [3.05, 3.63) is 59.7 Å². The molecule has 0 unspecified atom stereocenters. The van der Waals surface area contributed by atoms with Gasteiger partial charge in [0.1, 0.15) is 11.6 Å². The fourth-order valence-corrected chi connectivity index (χ4v) is 4.33. The second-order valence-electron chi connectivity index (χ2n) is 8.86. The number of hydrogen-bond donors (Lipinski definition) is 1. The highest BCUT2D eigenvalue weighted by atomic mass is 19.3. The molecule has 0 radical (unpaired) electrons. The first-order valence-corrected chi connectivity index (χ1v) is 11.8. The SMILES string of the molecule is CCOc1nc(N)c2nc(-c3cncc(F)c3)n(Cc3ccc(CN4CCC(F)(F)CC4)cc3)c2n1. The minimum atomic E-state index is -2.56. The number of benzene rings is 1. The van der Waals surface area contributed by atoms with Crippen molar-refractivity contribution in [2.75, 3.05) is 25.4 Å². The van der Waals surface area contributed by atoms with Gasteiger partial charge in [-0.3, -0.25) is 9.88 Å². The van der Waals surface area contributed by atoms with Crippen molar-refractivity contribution >= 4 is 17.0 Å². The van der Waals surface area contributed by atoms with Gasteiger partial charge in [-0.1, -0.05) is 24.3 Å². The zero-order valence-corrected chi connectivity index (χ0v) is 19.8. The summed E-state index contributed by atoms with van der Waals surface area (Å²) in [5.74, 6) is -2.43. The number of halogens is 3. The molecule has 11 heteroatoms. The lowest BCUT2D eigenvalue weighted by Crippen LogP contribution is -2.38. The van der Waals surface area contributed by atoms with Crippen LogP contribution in [0.25, 0.3) is 22.6 Å². The summed E-state index contributed by atoms with van der Waals surface area (Å²) in [7, 11) is 0. The largest absolute Gasteiger partial charge is 0.464 e. The van der Waals surface area contributed by atoms with E-state index in [1.165, 1.54) is 12.3 Å². The van der Waals surface area contributed by atoms with E-state index in [1.54, 1.807) is 0 Å². The minimum absolute atomic E-state index is 0.106. The van der Waals surface area contributed by atoms with Crippen LogP contribution in [0.1, 0.15) is 30.9 Å². The molecule has 188 valence electrons. The highest BCUT2D eigenvalue weighted by Gasteiger charge is 2.33. The molecule has 0 bridgehead atoms. The van der Waals surface area contributed by atoms with Crippen molar-refractivity contribution < 1.29 is 17.9 Å². The third-order valence-corrected chi connectivity index (χ3v) is 6.20. The predicted octanol–water partition coefficient (Wildman–Crippen LogP) is 4.29. The van der Waals surface area contributed by atoms with Crippen molar-refractivity contribution in [3.63, 3.8) is 0 Å². The molecule has 1 aliphatic heterocycles. The lowest BCUT2D eigenvalue weighted by atomic mass is 10.1. The van der Waals surface area contributed by atoms with Crippen LogP contribution in [-0.4, -0.2) is 55.0 Å². The average molecular weight is 498 g/mol. The molecule has 36 heavy (non-hydrogen) atoms. The smallest absolute Gasteiger partial charge is 0.320 e. The van der Waals surface area contributed by atoms with Crippen molar-refractivity contribution in [3.8, 4) is 17.4 Å². The number of nitrogens with two attached hydrogens (primary N) is 1. The van der Waals surface area contributed by atoms with Gasteiger partial charge < -0.3 is 15.0 Å². The van der Waals surface area contributed by atoms with Crippen molar-refractivity contribution in [2.24, 2.45) is 0 Å². The molecule has 1 aliphatic rings. The van der Waals surface area contributed by atoms with Crippen LogP contribution in [0.15, 0.2) is 42.7 Å². The molecule has 0 saturated carbocycles. The summed E-state index contributed by atoms with van der Waals surface area (Å²) in [6.45, 7) is 3.94. The van der Waals surface area contributed by atoms with Crippen molar-refractivity contribution in [1.29, 1.82) is 0 Å². The van der Waals surface area contributed by atoms with Gasteiger partial charge in [0.15, 0.2) is 17.0 Å². The third-order valence-electron chi connectivity index (χ3n) is 6.20. The Balaban J connectivity index is 1.45. The summed E-state index contributed by atoms with van der Waals surface area (Å²) >= 11 is 0. The summed E-state index contributed by atoms with van der Waals surface area (Å²) < 4.78 is 48.2. The number of nitrogen functional groups attached to an aromatic ring is 1. The fraction of sp³-hybridized carbons (Fsp3) is 0.360. The van der Waals surface area contributed by atoms with Gasteiger partial charge in [0.2, 0.25) is 0 Å². The molecule has 8 nitrogen and oxygen atoms in total. The standard InChI is InChI=1S/C25H26F3N7O/c1-2-36-24-32-21(29)20-23(33-24)35(22(31-20)18-11-19(26)13-30-12-18)15-17-5-3-16(4-6-17)14-34-9-7-25(27,28)8-10-34/h3-6,11-13H,2,7-10,14-15H2,1H3,(H2,29,32,33). The van der Waals surface area contributed by atoms with Gasteiger partial charge in [-0.25, -0.2) is 18.2 Å². The fourth-order valence-electron chi connectivity index (χ4n) is 4.33. The second kappa shape index (κ2) is 9.73. The summed E-state index contributed by atoms with van der Waals surface area (Å²) in [6, 6.07) is 9.40. The van der Waals surface area contributed by atoms with Crippen LogP contribution in [-0.2, 0) is 13.1 Å². The summed E-state index contributed by atoms with van der Waals surface area (Å²) in [6.07, 6.45) is 2.44. The van der Waals surface area contributed by atoms with Gasteiger partial charge in [0, 0.05) is 44.2 Å². The van der Waals surface area contributed by atoms with E-state index < -0.39 is 11.7 Å². The Morgan fingerprint density at radius 1 is 1.00 bits per heavy atom. The topological polar surface area (TPSA) is 95.0 Å². The number of rotatable bonds is 7. The molecule has 5 rings (SSSR count). The maximum Gasteiger partial charge on any atom is 0.320 e. The number of anilines is 1. The number of imidazole rings is 1. The van der Waals surface area contributed by atoms with Gasteiger partial charge in [0.05, 0.1) is 19.3 Å². The Bertz CT molecular complexity index is 1360. The van der Waals surface area contributed by atoms with Crippen LogP contribution >= 0.6 is 0 Å². The summed E-state index contributed by atoms with van der Waals surface area (Å²) in [5.41, 5.74) is 9.46. The molecule has 2 N–H and O–H groups in total. The highest BCUT2D eigenvalue weighted by Crippen LogP contribution is 2.30. The number of aromatic nitrogens is 5. The van der Waals surface area contributed by atoms with E-state index in [1.807, 2.05) is 40.7 Å². The number of nitrogens with zero attached hydrogens (tertiary/aromatic N) is 6. The first kappa shape index (κ1) is 24.0. The van der Waals surface area contributed by atoms with E-state index in [2.05, 4.69) is 19.9 Å². The van der Waals surface area contributed by atoms with Crippen LogP contribution in [0.4, 0.5) is 19.0 Å². The quantitative estimate of drug-likeness (QED) is 0.407. The lowest BCUT2D eigenvalue weighted by molar-refractivity contribution is -0.0566. The molecule has 0 amide bonds. The molecule has 3 aromatic heterocycles. The van der Waals surface area contributed by atoms with E-state index in [-0.39, 0.29) is 24.7 Å². The normalized spacial score (nSPS) is 15.9. The zero-order valence-electron chi connectivity index (χ0n) is 19.8. The van der Waals surface area contributed by atoms with E-state index in [9.17, 15) is 13.2 Å². The first-order chi connectivity index (χ1) is 17.3. The van der Waals surface area contributed by atoms with Gasteiger partial charge in [-0.15, -0.1) is 0 Å². The Morgan fingerprint density at radius 2 is 1.69 bits per heavy atom. The lowest BCUT2D eigenvalue weighted by Gasteiger charge is -2.31. The minimum Gasteiger partial charge on any atom is -0.464 e. The maximum atomic E-state index is 14.0. The highest BCUT2D eigenvalue weighted by molar-refractivity contribution is 5.85. The molecule has 4 heterocycles. The monoisotopic (exact) mass is 497 g/mol. The number of pyridine rings is 1. The molecular formula is C25H26F3N7O. The Morgan fingerprint density at radius 3 is 2.36 bits per heavy atom. The number of hydrogen-bond acceptors (Lipinski definition) is 7. The van der Waals surface area contributed by atoms with Crippen molar-refractivity contribution in [2.45, 2.75) is 38.8 Å². The molecular weight excluding hydrogens is 471 g/mol. The van der Waals surface area contributed by atoms with E-state index in [0.29, 0.717) is 55.3 Å². The van der Waals surface area contributed by atoms with Gasteiger partial charge in [-0.2, -0.15) is 9.97 Å². The molecule has 1 fully saturated rings. The van der Waals surface area contributed by atoms with Crippen LogP contribution in [0.2, 0.25) is 0 Å².